The summed E-state index contributed by atoms with van der Waals surface area (Å²) in [4.78, 5) is 43.3. The van der Waals surface area contributed by atoms with Crippen LogP contribution in [0.5, 0.6) is 5.75 Å². The Morgan fingerprint density at radius 2 is 1.54 bits per heavy atom. The first-order valence-corrected chi connectivity index (χ1v) is 14.4. The Morgan fingerprint density at radius 3 is 2.10 bits per heavy atom. The van der Waals surface area contributed by atoms with Crippen LogP contribution in [-0.2, 0) is 23.8 Å². The van der Waals surface area contributed by atoms with Gasteiger partial charge in [0.2, 0.25) is 0 Å². The minimum Gasteiger partial charge on any atom is -0.506 e. The minimum absolute atomic E-state index is 0.0578. The number of rotatable bonds is 8. The molecule has 0 spiro atoms. The molecule has 0 unspecified atom stereocenters. The number of carbonyl (C=O) groups is 3. The lowest BCUT2D eigenvalue weighted by atomic mass is 10.1. The Balaban J connectivity index is 0.000000276. The molecule has 0 saturated carbocycles. The van der Waals surface area contributed by atoms with E-state index < -0.39 is 23.8 Å². The van der Waals surface area contributed by atoms with Gasteiger partial charge in [0, 0.05) is 24.9 Å². The summed E-state index contributed by atoms with van der Waals surface area (Å²) < 4.78 is 16.2. The molecule has 2 aromatic carbocycles. The molecule has 0 bridgehead atoms. The number of nitrogens with zero attached hydrogens (tertiary/aromatic N) is 2. The van der Waals surface area contributed by atoms with Crippen molar-refractivity contribution in [2.45, 2.75) is 20.8 Å². The molecule has 0 fully saturated rings. The summed E-state index contributed by atoms with van der Waals surface area (Å²) >= 11 is 16.1. The summed E-state index contributed by atoms with van der Waals surface area (Å²) in [6.07, 6.45) is 2.51. The van der Waals surface area contributed by atoms with Crippen molar-refractivity contribution < 1.29 is 33.7 Å². The number of pyridine rings is 1. The van der Waals surface area contributed by atoms with Gasteiger partial charge >= 0.3 is 17.9 Å². The van der Waals surface area contributed by atoms with Crippen LogP contribution < -0.4 is 0 Å². The summed E-state index contributed by atoms with van der Waals surface area (Å²) in [5.74, 6) is -3.27. The number of hydrogen-bond donors (Lipinski definition) is 1. The van der Waals surface area contributed by atoms with Crippen molar-refractivity contribution in [3.8, 4) is 5.75 Å². The molecule has 1 aromatic heterocycles. The van der Waals surface area contributed by atoms with Crippen LogP contribution in [0, 0.1) is 13.1 Å². The van der Waals surface area contributed by atoms with Gasteiger partial charge in [-0.1, -0.05) is 23.2 Å². The predicted octanol–water partition coefficient (Wildman–Crippen LogP) is 6.76. The van der Waals surface area contributed by atoms with Gasteiger partial charge in [-0.3, -0.25) is 19.6 Å². The summed E-state index contributed by atoms with van der Waals surface area (Å²) in [7, 11) is 0. The third kappa shape index (κ3) is 9.43. The van der Waals surface area contributed by atoms with Crippen LogP contribution in [0.2, 0.25) is 10.0 Å². The summed E-state index contributed by atoms with van der Waals surface area (Å²) in [5.41, 5.74) is 1.13. The van der Waals surface area contributed by atoms with Crippen LogP contribution in [0.25, 0.3) is 10.9 Å². The molecule has 0 amide bonds. The second-order valence-electron chi connectivity index (χ2n) is 7.38. The van der Waals surface area contributed by atoms with Crippen LogP contribution in [0.4, 0.5) is 5.69 Å². The van der Waals surface area contributed by atoms with E-state index in [9.17, 15) is 19.5 Å². The van der Waals surface area contributed by atoms with Gasteiger partial charge in [0.25, 0.3) is 0 Å². The quantitative estimate of drug-likeness (QED) is 0.0872. The summed E-state index contributed by atoms with van der Waals surface area (Å²) in [6.45, 7) is 5.63. The largest absolute Gasteiger partial charge is 0.506 e. The number of benzene rings is 2. The number of carbonyl (C=O) groups excluding carboxylic acids is 3. The van der Waals surface area contributed by atoms with E-state index in [2.05, 4.69) is 32.6 Å². The number of halogens is 4. The van der Waals surface area contributed by atoms with Gasteiger partial charge in [-0.15, -0.1) is 0 Å². The monoisotopic (exact) mass is 800 g/mol. The third-order valence-electron chi connectivity index (χ3n) is 4.73. The Morgan fingerprint density at radius 1 is 0.949 bits per heavy atom. The molecule has 3 rings (SSSR count). The number of aromatic nitrogens is 1. The van der Waals surface area contributed by atoms with Gasteiger partial charge in [-0.25, -0.2) is 4.79 Å². The smallest absolute Gasteiger partial charge is 0.343 e. The van der Waals surface area contributed by atoms with Crippen molar-refractivity contribution >= 4 is 109 Å². The molecule has 39 heavy (non-hydrogen) atoms. The Labute approximate surface area is 262 Å². The lowest BCUT2D eigenvalue weighted by Crippen LogP contribution is -2.29. The number of esters is 3. The van der Waals surface area contributed by atoms with E-state index in [0.717, 1.165) is 7.14 Å². The van der Waals surface area contributed by atoms with E-state index in [1.54, 1.807) is 51.1 Å². The fourth-order valence-corrected chi connectivity index (χ4v) is 4.07. The fraction of sp³-hybridized carbons (Fsp3) is 0.269. The van der Waals surface area contributed by atoms with Crippen LogP contribution >= 0.6 is 68.4 Å². The number of fused-ring (bicyclic) bond motifs is 1. The number of hydrogen-bond acceptors (Lipinski definition) is 9. The summed E-state index contributed by atoms with van der Waals surface area (Å²) in [6, 6.07) is 8.50. The molecule has 0 aliphatic carbocycles. The second kappa shape index (κ2) is 16.1. The Hall–Kier alpha value is -2.23. The van der Waals surface area contributed by atoms with Gasteiger partial charge in [-0.05, 0) is 96.3 Å². The minimum atomic E-state index is -1.18. The number of aromatic hydroxyl groups is 1. The van der Waals surface area contributed by atoms with Crippen molar-refractivity contribution in [1.82, 2.24) is 4.98 Å². The molecular formula is C26H24Cl2I2N2O7. The SMILES string of the molecule is CCOC(=O)C(/C=N/c1ccc(I)c(Cl)c1)C(=O)OCC.CCOC(=O)c1cnc2cc(Cl)c(I)cc2c1O. The Bertz CT molecular complexity index is 1370. The van der Waals surface area contributed by atoms with Crippen LogP contribution in [0.3, 0.4) is 0 Å². The van der Waals surface area contributed by atoms with E-state index in [1.165, 1.54) is 12.4 Å². The highest BCUT2D eigenvalue weighted by atomic mass is 127. The predicted molar refractivity (Wildman–Crippen MR) is 166 cm³/mol. The van der Waals surface area contributed by atoms with Crippen LogP contribution in [0.15, 0.2) is 41.5 Å². The molecule has 13 heteroatoms. The van der Waals surface area contributed by atoms with E-state index in [-0.39, 0.29) is 31.1 Å². The highest BCUT2D eigenvalue weighted by Gasteiger charge is 2.27. The normalized spacial score (nSPS) is 10.8. The molecule has 0 radical (unpaired) electrons. The van der Waals surface area contributed by atoms with Gasteiger partial charge in [-0.2, -0.15) is 0 Å². The van der Waals surface area contributed by atoms with Gasteiger partial charge < -0.3 is 19.3 Å². The zero-order chi connectivity index (χ0) is 29.1. The maximum Gasteiger partial charge on any atom is 0.343 e. The summed E-state index contributed by atoms with van der Waals surface area (Å²) in [5, 5.41) is 11.7. The zero-order valence-corrected chi connectivity index (χ0v) is 26.9. The van der Waals surface area contributed by atoms with Gasteiger partial charge in [0.15, 0.2) is 5.92 Å². The van der Waals surface area contributed by atoms with Crippen molar-refractivity contribution in [2.24, 2.45) is 10.9 Å². The molecular weight excluding hydrogens is 777 g/mol. The van der Waals surface area contributed by atoms with E-state index >= 15 is 0 Å². The lowest BCUT2D eigenvalue weighted by molar-refractivity contribution is -0.157. The fourth-order valence-electron chi connectivity index (χ4n) is 2.94. The molecule has 0 atom stereocenters. The van der Waals surface area contributed by atoms with Gasteiger partial charge in [0.05, 0.1) is 41.1 Å². The lowest BCUT2D eigenvalue weighted by Gasteiger charge is -2.10. The van der Waals surface area contributed by atoms with E-state index in [4.69, 9.17) is 37.4 Å². The van der Waals surface area contributed by atoms with Crippen molar-refractivity contribution in [3.05, 3.63) is 59.3 Å². The van der Waals surface area contributed by atoms with Gasteiger partial charge in [0.1, 0.15) is 11.3 Å². The highest BCUT2D eigenvalue weighted by Crippen LogP contribution is 2.32. The molecule has 3 aromatic rings. The molecule has 1 heterocycles. The third-order valence-corrected chi connectivity index (χ3v) is 7.83. The first kappa shape index (κ1) is 33.0. The average molecular weight is 801 g/mol. The Kier molecular flexibility index (Phi) is 13.6. The van der Waals surface area contributed by atoms with Crippen molar-refractivity contribution in [1.29, 1.82) is 0 Å². The topological polar surface area (TPSA) is 124 Å². The molecule has 1 N–H and O–H groups in total. The molecule has 208 valence electrons. The van der Waals surface area contributed by atoms with Crippen molar-refractivity contribution in [3.63, 3.8) is 0 Å². The average Bonchev–Trinajstić information content (AvgIpc) is 2.88. The first-order valence-electron chi connectivity index (χ1n) is 11.5. The molecule has 0 saturated heterocycles. The van der Waals surface area contributed by atoms with E-state index in [1.807, 2.05) is 22.6 Å². The standard InChI is InChI=1S/C14H15ClINO4.C12H9ClINO3/c1-3-20-13(18)10(14(19)21-4-2)8-17-9-5-6-12(16)11(15)7-9;1-2-18-12(17)7-5-15-10-4-8(13)9(14)3-6(10)11(7)16/h5-8,10H,3-4H2,1-2H3;3-5H,2H2,1H3,(H,15,16)/b17-8+;. The molecule has 9 nitrogen and oxygen atoms in total. The second-order valence-corrected chi connectivity index (χ2v) is 10.5. The van der Waals surface area contributed by atoms with Crippen LogP contribution in [0.1, 0.15) is 31.1 Å². The van der Waals surface area contributed by atoms with Crippen LogP contribution in [-0.4, -0.2) is 54.0 Å². The number of aliphatic imine (C=N–C) groups is 1. The molecule has 0 aliphatic rings. The van der Waals surface area contributed by atoms with E-state index in [0.29, 0.717) is 26.6 Å². The zero-order valence-electron chi connectivity index (χ0n) is 21.0. The molecule has 0 aliphatic heterocycles. The highest BCUT2D eigenvalue weighted by molar-refractivity contribution is 14.1. The maximum absolute atomic E-state index is 11.8. The van der Waals surface area contributed by atoms with Crippen molar-refractivity contribution in [2.75, 3.05) is 19.8 Å². The first-order chi connectivity index (χ1) is 18.5. The maximum atomic E-state index is 11.8. The number of ether oxygens (including phenoxy) is 3.